The molecule has 0 heterocycles. The molecule has 0 saturated carbocycles. The topological polar surface area (TPSA) is 3.24 Å². The van der Waals surface area contributed by atoms with Gasteiger partial charge in [0, 0.05) is 22.4 Å². The number of benzene rings is 9. The van der Waals surface area contributed by atoms with E-state index in [1.54, 1.807) is 0 Å². The van der Waals surface area contributed by atoms with Crippen molar-refractivity contribution in [3.8, 4) is 44.5 Å². The average molecular weight is 690 g/mol. The minimum Gasteiger partial charge on any atom is -0.310 e. The molecule has 0 aliphatic heterocycles. The highest BCUT2D eigenvalue weighted by molar-refractivity contribution is 6.14. The van der Waals surface area contributed by atoms with Crippen molar-refractivity contribution in [2.75, 3.05) is 4.90 Å². The van der Waals surface area contributed by atoms with Gasteiger partial charge in [0.25, 0.3) is 0 Å². The molecule has 54 heavy (non-hydrogen) atoms. The van der Waals surface area contributed by atoms with E-state index < -0.39 is 0 Å². The van der Waals surface area contributed by atoms with Gasteiger partial charge in [-0.25, -0.2) is 0 Å². The van der Waals surface area contributed by atoms with Crippen LogP contribution in [0, 0.1) is 0 Å². The molecule has 0 saturated heterocycles. The summed E-state index contributed by atoms with van der Waals surface area (Å²) in [5.41, 5.74) is 15.9. The minimum absolute atomic E-state index is 0.203. The molecule has 0 spiro atoms. The first-order valence-electron chi connectivity index (χ1n) is 18.8. The molecule has 1 aliphatic carbocycles. The SMILES string of the molecule is CC1(C)c2cc(-c3cc4ccccc4c4ccccc34)ccc2-c2ccc(N(c3ccc(-c4ccccc4)cc3)c3ccccc3-c3ccccc3)cc21. The van der Waals surface area contributed by atoms with E-state index >= 15 is 0 Å². The van der Waals surface area contributed by atoms with E-state index in [2.05, 4.69) is 219 Å². The number of anilines is 3. The molecule has 0 unspecified atom stereocenters. The number of para-hydroxylation sites is 1. The lowest BCUT2D eigenvalue weighted by molar-refractivity contribution is 0.660. The third-order valence-corrected chi connectivity index (χ3v) is 11.5. The number of fused-ring (bicyclic) bond motifs is 6. The first kappa shape index (κ1) is 32.0. The summed E-state index contributed by atoms with van der Waals surface area (Å²) in [4.78, 5) is 2.43. The van der Waals surface area contributed by atoms with Gasteiger partial charge in [-0.2, -0.15) is 0 Å². The van der Waals surface area contributed by atoms with Crippen LogP contribution < -0.4 is 4.90 Å². The molecule has 1 aliphatic rings. The molecule has 9 aromatic rings. The first-order valence-corrected chi connectivity index (χ1v) is 18.8. The van der Waals surface area contributed by atoms with E-state index in [1.807, 2.05) is 0 Å². The fourth-order valence-corrected chi connectivity index (χ4v) is 8.72. The molecule has 256 valence electrons. The first-order chi connectivity index (χ1) is 26.5. The largest absolute Gasteiger partial charge is 0.310 e. The summed E-state index contributed by atoms with van der Waals surface area (Å²) in [5.74, 6) is 0. The normalized spacial score (nSPS) is 12.8. The highest BCUT2D eigenvalue weighted by atomic mass is 15.1. The van der Waals surface area contributed by atoms with Crippen molar-refractivity contribution < 1.29 is 0 Å². The number of nitrogens with zero attached hydrogens (tertiary/aromatic N) is 1. The second kappa shape index (κ2) is 12.8. The van der Waals surface area contributed by atoms with Crippen molar-refractivity contribution in [2.24, 2.45) is 0 Å². The smallest absolute Gasteiger partial charge is 0.0540 e. The van der Waals surface area contributed by atoms with Crippen LogP contribution in [0.3, 0.4) is 0 Å². The molecule has 0 radical (unpaired) electrons. The molecule has 9 aromatic carbocycles. The molecule has 1 nitrogen and oxygen atoms in total. The Morgan fingerprint density at radius 3 is 1.63 bits per heavy atom. The Morgan fingerprint density at radius 2 is 0.870 bits per heavy atom. The van der Waals surface area contributed by atoms with Crippen LogP contribution in [-0.2, 0) is 5.41 Å². The summed E-state index contributed by atoms with van der Waals surface area (Å²) in [5, 5.41) is 5.15. The maximum absolute atomic E-state index is 2.45. The van der Waals surface area contributed by atoms with Crippen LogP contribution in [0.2, 0.25) is 0 Å². The summed E-state index contributed by atoms with van der Waals surface area (Å²) in [6, 6.07) is 73.3. The maximum atomic E-state index is 2.45. The Morgan fingerprint density at radius 1 is 0.333 bits per heavy atom. The van der Waals surface area contributed by atoms with E-state index in [1.165, 1.54) is 77.2 Å². The molecule has 0 atom stereocenters. The zero-order valence-electron chi connectivity index (χ0n) is 30.5. The van der Waals surface area contributed by atoms with Crippen LogP contribution in [0.1, 0.15) is 25.0 Å². The fourth-order valence-electron chi connectivity index (χ4n) is 8.72. The zero-order chi connectivity index (χ0) is 36.2. The predicted molar refractivity (Wildman–Crippen MR) is 230 cm³/mol. The van der Waals surface area contributed by atoms with Gasteiger partial charge in [0.1, 0.15) is 0 Å². The van der Waals surface area contributed by atoms with Gasteiger partial charge in [0.15, 0.2) is 0 Å². The predicted octanol–water partition coefficient (Wildman–Crippen LogP) is 14.8. The quantitative estimate of drug-likeness (QED) is 0.157. The molecular formula is C53H39N. The van der Waals surface area contributed by atoms with Crippen LogP contribution >= 0.6 is 0 Å². The highest BCUT2D eigenvalue weighted by Gasteiger charge is 2.36. The summed E-state index contributed by atoms with van der Waals surface area (Å²) in [7, 11) is 0. The van der Waals surface area contributed by atoms with Gasteiger partial charge in [-0.1, -0.05) is 172 Å². The standard InChI is InChI=1S/C53H39N/c1-53(2)50-34-40(49-33-39-19-9-10-20-43(39)45-22-11-12-23-46(45)49)27-31-47(50)48-32-30-42(35-51(48)53)54(41-28-25-37(26-29-41)36-15-5-3-6-16-36)52-24-14-13-21-44(52)38-17-7-4-8-18-38/h3-35H,1-2H3. The summed E-state index contributed by atoms with van der Waals surface area (Å²) < 4.78 is 0. The zero-order valence-corrected chi connectivity index (χ0v) is 30.5. The lowest BCUT2D eigenvalue weighted by Crippen LogP contribution is -2.17. The maximum Gasteiger partial charge on any atom is 0.0540 e. The number of rotatable bonds is 6. The van der Waals surface area contributed by atoms with Gasteiger partial charge in [0.2, 0.25) is 0 Å². The van der Waals surface area contributed by atoms with Gasteiger partial charge in [0.05, 0.1) is 5.69 Å². The minimum atomic E-state index is -0.203. The van der Waals surface area contributed by atoms with E-state index in [4.69, 9.17) is 0 Å². The monoisotopic (exact) mass is 689 g/mol. The van der Waals surface area contributed by atoms with E-state index in [-0.39, 0.29) is 5.41 Å². The number of hydrogen-bond acceptors (Lipinski definition) is 1. The molecule has 0 fully saturated rings. The molecule has 0 aromatic heterocycles. The van der Waals surface area contributed by atoms with Gasteiger partial charge in [-0.05, 0) is 114 Å². The van der Waals surface area contributed by atoms with Crippen LogP contribution in [0.25, 0.3) is 66.1 Å². The second-order valence-corrected chi connectivity index (χ2v) is 14.9. The highest BCUT2D eigenvalue weighted by Crippen LogP contribution is 2.52. The van der Waals surface area contributed by atoms with Crippen LogP contribution in [-0.4, -0.2) is 0 Å². The molecule has 1 heteroatoms. The Hall–Kier alpha value is -6.70. The van der Waals surface area contributed by atoms with Crippen molar-refractivity contribution in [3.63, 3.8) is 0 Å². The Balaban J connectivity index is 1.11. The number of hydrogen-bond donors (Lipinski definition) is 0. The van der Waals surface area contributed by atoms with Gasteiger partial charge < -0.3 is 4.90 Å². The van der Waals surface area contributed by atoms with Crippen molar-refractivity contribution >= 4 is 38.6 Å². The van der Waals surface area contributed by atoms with Crippen molar-refractivity contribution in [1.82, 2.24) is 0 Å². The third-order valence-electron chi connectivity index (χ3n) is 11.5. The van der Waals surface area contributed by atoms with Crippen LogP contribution in [0.5, 0.6) is 0 Å². The summed E-state index contributed by atoms with van der Waals surface area (Å²) in [6.45, 7) is 4.78. The van der Waals surface area contributed by atoms with Gasteiger partial charge in [-0.15, -0.1) is 0 Å². The summed E-state index contributed by atoms with van der Waals surface area (Å²) in [6.07, 6.45) is 0. The van der Waals surface area contributed by atoms with Crippen LogP contribution in [0.15, 0.2) is 200 Å². The van der Waals surface area contributed by atoms with Crippen LogP contribution in [0.4, 0.5) is 17.1 Å². The van der Waals surface area contributed by atoms with E-state index in [0.717, 1.165) is 17.1 Å². The molecule has 0 bridgehead atoms. The summed E-state index contributed by atoms with van der Waals surface area (Å²) >= 11 is 0. The average Bonchev–Trinajstić information content (AvgIpc) is 3.46. The molecule has 0 N–H and O–H groups in total. The molecule has 0 amide bonds. The molecular weight excluding hydrogens is 651 g/mol. The van der Waals surface area contributed by atoms with E-state index in [0.29, 0.717) is 0 Å². The van der Waals surface area contributed by atoms with Gasteiger partial charge >= 0.3 is 0 Å². The third kappa shape index (κ3) is 5.24. The lowest BCUT2D eigenvalue weighted by Gasteiger charge is -2.30. The van der Waals surface area contributed by atoms with Crippen molar-refractivity contribution in [3.05, 3.63) is 211 Å². The lowest BCUT2D eigenvalue weighted by atomic mass is 9.81. The van der Waals surface area contributed by atoms with Crippen molar-refractivity contribution in [1.29, 1.82) is 0 Å². The Bertz CT molecular complexity index is 2830. The van der Waals surface area contributed by atoms with Crippen molar-refractivity contribution in [2.45, 2.75) is 19.3 Å². The fraction of sp³-hybridized carbons (Fsp3) is 0.0566. The Kier molecular flexibility index (Phi) is 7.56. The Labute approximate surface area is 317 Å². The van der Waals surface area contributed by atoms with Gasteiger partial charge in [-0.3, -0.25) is 0 Å². The second-order valence-electron chi connectivity index (χ2n) is 14.9. The van der Waals surface area contributed by atoms with E-state index in [9.17, 15) is 0 Å². The molecule has 10 rings (SSSR count).